The van der Waals surface area contributed by atoms with Gasteiger partial charge < -0.3 is 19.6 Å². The summed E-state index contributed by atoms with van der Waals surface area (Å²) in [6.45, 7) is 3.12. The number of hydrogen-bond donors (Lipinski definition) is 3. The molecular formula is C21H22N4O5S. The quantitative estimate of drug-likeness (QED) is 0.541. The number of aromatic nitrogens is 2. The number of carboxylic acids is 1. The lowest BCUT2D eigenvalue weighted by atomic mass is 10.1. The highest BCUT2D eigenvalue weighted by Crippen LogP contribution is 2.24. The molecule has 10 heteroatoms. The fourth-order valence-corrected chi connectivity index (χ4v) is 4.75. The maximum atomic E-state index is 12.8. The van der Waals surface area contributed by atoms with Crippen LogP contribution in [0.25, 0.3) is 5.69 Å². The fourth-order valence-electron chi connectivity index (χ4n) is 3.71. The molecule has 0 radical (unpaired) electrons. The lowest BCUT2D eigenvalue weighted by Crippen LogP contribution is -2.27. The molecule has 0 aliphatic carbocycles. The van der Waals surface area contributed by atoms with Crippen LogP contribution in [-0.4, -0.2) is 52.9 Å². The van der Waals surface area contributed by atoms with E-state index in [4.69, 9.17) is 0 Å². The molecule has 0 bridgehead atoms. The number of aromatic carboxylic acids is 1. The summed E-state index contributed by atoms with van der Waals surface area (Å²) in [5, 5.41) is 9.31. The molecule has 0 saturated carbocycles. The van der Waals surface area contributed by atoms with Gasteiger partial charge in [-0.05, 0) is 61.7 Å². The normalized spacial score (nSPS) is 14.0. The molecule has 4 rings (SSSR count). The third kappa shape index (κ3) is 4.06. The second-order valence-electron chi connectivity index (χ2n) is 7.42. The van der Waals surface area contributed by atoms with E-state index in [0.29, 0.717) is 30.0 Å². The second-order valence-corrected chi connectivity index (χ2v) is 9.11. The van der Waals surface area contributed by atoms with Crippen LogP contribution in [-0.2, 0) is 10.0 Å². The Morgan fingerprint density at radius 3 is 2.55 bits per heavy atom. The van der Waals surface area contributed by atoms with Crippen molar-refractivity contribution in [3.05, 3.63) is 65.7 Å². The SMILES string of the molecule is Cc1cc(NS(=O)(=O)c2c[nH]c(C(=O)N3CCCC3)c2)ccc1-n1cccc1C(=O)O. The van der Waals surface area contributed by atoms with Gasteiger partial charge in [0.15, 0.2) is 0 Å². The van der Waals surface area contributed by atoms with Gasteiger partial charge in [0.05, 0.1) is 0 Å². The average molecular weight is 442 g/mol. The minimum Gasteiger partial charge on any atom is -0.477 e. The first-order valence-corrected chi connectivity index (χ1v) is 11.3. The summed E-state index contributed by atoms with van der Waals surface area (Å²) in [7, 11) is -3.91. The van der Waals surface area contributed by atoms with Gasteiger partial charge in [-0.25, -0.2) is 13.2 Å². The van der Waals surface area contributed by atoms with Crippen LogP contribution in [0.4, 0.5) is 5.69 Å². The van der Waals surface area contributed by atoms with Crippen molar-refractivity contribution in [1.82, 2.24) is 14.5 Å². The zero-order chi connectivity index (χ0) is 22.2. The maximum absolute atomic E-state index is 12.8. The van der Waals surface area contributed by atoms with E-state index < -0.39 is 16.0 Å². The number of benzene rings is 1. The van der Waals surface area contributed by atoms with Crippen molar-refractivity contribution >= 4 is 27.6 Å². The molecule has 2 aromatic heterocycles. The highest BCUT2D eigenvalue weighted by Gasteiger charge is 2.24. The molecule has 31 heavy (non-hydrogen) atoms. The zero-order valence-corrected chi connectivity index (χ0v) is 17.6. The molecule has 1 saturated heterocycles. The van der Waals surface area contributed by atoms with E-state index >= 15 is 0 Å². The van der Waals surface area contributed by atoms with Gasteiger partial charge in [0.2, 0.25) is 0 Å². The number of carboxylic acid groups (broad SMARTS) is 1. The third-order valence-electron chi connectivity index (χ3n) is 5.27. The number of nitrogens with zero attached hydrogens (tertiary/aromatic N) is 2. The first-order valence-electron chi connectivity index (χ1n) is 9.78. The van der Waals surface area contributed by atoms with Gasteiger partial charge in [0, 0.05) is 36.9 Å². The van der Waals surface area contributed by atoms with Crippen molar-refractivity contribution in [2.24, 2.45) is 0 Å². The first-order chi connectivity index (χ1) is 14.8. The summed E-state index contributed by atoms with van der Waals surface area (Å²) in [5.41, 5.74) is 2.00. The van der Waals surface area contributed by atoms with Gasteiger partial charge in [-0.2, -0.15) is 0 Å². The molecule has 0 unspecified atom stereocenters. The van der Waals surface area contributed by atoms with Crippen molar-refractivity contribution in [3.8, 4) is 5.69 Å². The summed E-state index contributed by atoms with van der Waals surface area (Å²) >= 11 is 0. The maximum Gasteiger partial charge on any atom is 0.352 e. The van der Waals surface area contributed by atoms with E-state index in [9.17, 15) is 23.1 Å². The van der Waals surface area contributed by atoms with Gasteiger partial charge in [0.1, 0.15) is 16.3 Å². The Morgan fingerprint density at radius 1 is 1.13 bits per heavy atom. The minimum absolute atomic E-state index is 0.0321. The number of anilines is 1. The Morgan fingerprint density at radius 2 is 1.87 bits per heavy atom. The van der Waals surface area contributed by atoms with E-state index in [1.807, 2.05) is 0 Å². The Balaban J connectivity index is 1.55. The van der Waals surface area contributed by atoms with Crippen LogP contribution in [0, 0.1) is 6.92 Å². The summed E-state index contributed by atoms with van der Waals surface area (Å²) in [5.74, 6) is -1.26. The lowest BCUT2D eigenvalue weighted by Gasteiger charge is -2.13. The highest BCUT2D eigenvalue weighted by atomic mass is 32.2. The van der Waals surface area contributed by atoms with Crippen molar-refractivity contribution in [1.29, 1.82) is 0 Å². The van der Waals surface area contributed by atoms with E-state index in [-0.39, 0.29) is 22.2 Å². The largest absolute Gasteiger partial charge is 0.477 e. The number of amides is 1. The molecule has 1 aromatic carbocycles. The minimum atomic E-state index is -3.91. The molecule has 1 amide bonds. The van der Waals surface area contributed by atoms with Gasteiger partial charge in [-0.1, -0.05) is 0 Å². The number of carbonyl (C=O) groups is 2. The Hall–Kier alpha value is -3.53. The van der Waals surface area contributed by atoms with Gasteiger partial charge in [-0.3, -0.25) is 9.52 Å². The van der Waals surface area contributed by atoms with Crippen LogP contribution >= 0.6 is 0 Å². The molecule has 3 heterocycles. The predicted molar refractivity (Wildman–Crippen MR) is 114 cm³/mol. The molecule has 1 aliphatic heterocycles. The number of rotatable bonds is 6. The summed E-state index contributed by atoms with van der Waals surface area (Å²) in [4.78, 5) is 28.2. The third-order valence-corrected chi connectivity index (χ3v) is 6.63. The van der Waals surface area contributed by atoms with Crippen molar-refractivity contribution in [2.75, 3.05) is 17.8 Å². The Bertz CT molecular complexity index is 1250. The van der Waals surface area contributed by atoms with Crippen LogP contribution in [0.3, 0.4) is 0 Å². The number of aromatic amines is 1. The van der Waals surface area contributed by atoms with E-state index in [2.05, 4.69) is 9.71 Å². The molecular weight excluding hydrogens is 420 g/mol. The van der Waals surface area contributed by atoms with Crippen molar-refractivity contribution < 1.29 is 23.1 Å². The number of hydrogen-bond acceptors (Lipinski definition) is 4. The van der Waals surface area contributed by atoms with E-state index in [0.717, 1.165) is 12.8 Å². The summed E-state index contributed by atoms with van der Waals surface area (Å²) < 4.78 is 29.6. The van der Waals surface area contributed by atoms with Crippen LogP contribution in [0.15, 0.2) is 53.7 Å². The number of H-pyrrole nitrogens is 1. The second kappa shape index (κ2) is 7.95. The molecule has 0 atom stereocenters. The van der Waals surface area contributed by atoms with Crippen molar-refractivity contribution in [2.45, 2.75) is 24.7 Å². The van der Waals surface area contributed by atoms with Crippen LogP contribution in [0.5, 0.6) is 0 Å². The average Bonchev–Trinajstić information content (AvgIpc) is 3.48. The highest BCUT2D eigenvalue weighted by molar-refractivity contribution is 7.92. The van der Waals surface area contributed by atoms with Crippen molar-refractivity contribution in [3.63, 3.8) is 0 Å². The number of nitrogens with one attached hydrogen (secondary N) is 2. The molecule has 1 aliphatic rings. The van der Waals surface area contributed by atoms with Gasteiger partial charge in [0.25, 0.3) is 15.9 Å². The predicted octanol–water partition coefficient (Wildman–Crippen LogP) is 2.85. The Labute approximate surface area is 179 Å². The number of likely N-dealkylation sites (tertiary alicyclic amines) is 1. The van der Waals surface area contributed by atoms with Crippen LogP contribution in [0.1, 0.15) is 39.4 Å². The molecule has 1 fully saturated rings. The smallest absolute Gasteiger partial charge is 0.352 e. The summed E-state index contributed by atoms with van der Waals surface area (Å²) in [6.07, 6.45) is 4.83. The van der Waals surface area contributed by atoms with Crippen LogP contribution < -0.4 is 4.72 Å². The lowest BCUT2D eigenvalue weighted by molar-refractivity contribution is 0.0687. The monoisotopic (exact) mass is 442 g/mol. The number of sulfonamides is 1. The molecule has 9 nitrogen and oxygen atoms in total. The van der Waals surface area contributed by atoms with E-state index in [1.165, 1.54) is 22.9 Å². The number of carbonyl (C=O) groups excluding carboxylic acids is 1. The van der Waals surface area contributed by atoms with Gasteiger partial charge in [-0.15, -0.1) is 0 Å². The molecule has 0 spiro atoms. The fraction of sp³-hybridized carbons (Fsp3) is 0.238. The standard InChI is InChI=1S/C21H22N4O5S/c1-14-11-15(6-7-18(14)25-10-4-5-19(25)21(27)28)23-31(29,30)16-12-17(22-13-16)20(26)24-8-2-3-9-24/h4-7,10-13,22-23H,2-3,8-9H2,1H3,(H,27,28). The van der Waals surface area contributed by atoms with E-state index in [1.54, 1.807) is 42.3 Å². The topological polar surface area (TPSA) is 124 Å². The summed E-state index contributed by atoms with van der Waals surface area (Å²) in [6, 6.07) is 9.30. The van der Waals surface area contributed by atoms with Gasteiger partial charge >= 0.3 is 5.97 Å². The molecule has 3 N–H and O–H groups in total. The number of aryl methyl sites for hydroxylation is 1. The van der Waals surface area contributed by atoms with Crippen LogP contribution in [0.2, 0.25) is 0 Å². The first kappa shape index (κ1) is 20.7. The zero-order valence-electron chi connectivity index (χ0n) is 16.8. The molecule has 162 valence electrons. The molecule has 3 aromatic rings. The Kier molecular flexibility index (Phi) is 5.32.